The van der Waals surface area contributed by atoms with E-state index in [4.69, 9.17) is 9.15 Å². The lowest BCUT2D eigenvalue weighted by Crippen LogP contribution is -2.06. The molecule has 5 heteroatoms. The lowest BCUT2D eigenvalue weighted by Gasteiger charge is -2.07. The quantitative estimate of drug-likeness (QED) is 0.718. The van der Waals surface area contributed by atoms with Crippen molar-refractivity contribution >= 4 is 38.3 Å². The third-order valence-electron chi connectivity index (χ3n) is 3.07. The second-order valence-electron chi connectivity index (χ2n) is 4.48. The van der Waals surface area contributed by atoms with E-state index in [1.165, 1.54) is 0 Å². The van der Waals surface area contributed by atoms with E-state index in [-0.39, 0.29) is 0 Å². The van der Waals surface area contributed by atoms with Crippen molar-refractivity contribution in [1.82, 2.24) is 0 Å². The van der Waals surface area contributed by atoms with Crippen LogP contribution in [0.4, 0.5) is 11.4 Å². The van der Waals surface area contributed by atoms with Gasteiger partial charge in [-0.3, -0.25) is 0 Å². The molecule has 0 bridgehead atoms. The molecule has 0 saturated carbocycles. The minimum Gasteiger partial charge on any atom is -0.497 e. The zero-order chi connectivity index (χ0) is 14.8. The molecule has 0 atom stereocenters. The van der Waals surface area contributed by atoms with Gasteiger partial charge in [-0.1, -0.05) is 22.0 Å². The number of hydrogen-bond donors (Lipinski definition) is 1. The van der Waals surface area contributed by atoms with Gasteiger partial charge in [-0.25, -0.2) is 4.79 Å². The average Bonchev–Trinajstić information content (AvgIpc) is 2.49. The average molecular weight is 346 g/mol. The molecule has 1 heterocycles. The fourth-order valence-corrected chi connectivity index (χ4v) is 2.34. The zero-order valence-electron chi connectivity index (χ0n) is 11.2. The van der Waals surface area contributed by atoms with Crippen LogP contribution in [0.5, 0.6) is 5.75 Å². The second kappa shape index (κ2) is 5.61. The van der Waals surface area contributed by atoms with Crippen LogP contribution in [0.2, 0.25) is 0 Å². The molecule has 21 heavy (non-hydrogen) atoms. The van der Waals surface area contributed by atoms with Gasteiger partial charge in [0.15, 0.2) is 0 Å². The maximum atomic E-state index is 12.0. The summed E-state index contributed by atoms with van der Waals surface area (Å²) in [6, 6.07) is 14.7. The Morgan fingerprint density at radius 1 is 1.10 bits per heavy atom. The van der Waals surface area contributed by atoms with Gasteiger partial charge >= 0.3 is 5.63 Å². The van der Waals surface area contributed by atoms with Crippen molar-refractivity contribution in [3.63, 3.8) is 0 Å². The van der Waals surface area contributed by atoms with Crippen LogP contribution in [0.1, 0.15) is 0 Å². The molecule has 1 N–H and O–H groups in total. The first kappa shape index (κ1) is 13.7. The molecular formula is C16H12BrNO3. The Bertz CT molecular complexity index is 840. The Morgan fingerprint density at radius 3 is 2.57 bits per heavy atom. The van der Waals surface area contributed by atoms with Crippen LogP contribution in [0.25, 0.3) is 11.0 Å². The smallest absolute Gasteiger partial charge is 0.360 e. The van der Waals surface area contributed by atoms with Crippen molar-refractivity contribution in [1.29, 1.82) is 0 Å². The van der Waals surface area contributed by atoms with Crippen molar-refractivity contribution in [2.45, 2.75) is 0 Å². The van der Waals surface area contributed by atoms with Gasteiger partial charge in [0.05, 0.1) is 7.11 Å². The SMILES string of the molecule is COc1ccc(Nc2cc3ccc(Br)cc3oc2=O)cc1. The van der Waals surface area contributed by atoms with E-state index in [1.54, 1.807) is 19.2 Å². The van der Waals surface area contributed by atoms with Crippen molar-refractivity contribution in [3.05, 3.63) is 63.4 Å². The van der Waals surface area contributed by atoms with E-state index in [0.717, 1.165) is 21.3 Å². The lowest BCUT2D eigenvalue weighted by molar-refractivity contribution is 0.415. The predicted molar refractivity (Wildman–Crippen MR) is 86.5 cm³/mol. The summed E-state index contributed by atoms with van der Waals surface area (Å²) >= 11 is 3.35. The molecule has 3 rings (SSSR count). The zero-order valence-corrected chi connectivity index (χ0v) is 12.8. The molecule has 0 radical (unpaired) electrons. The molecule has 4 nitrogen and oxygen atoms in total. The molecule has 0 aliphatic rings. The molecule has 3 aromatic rings. The largest absolute Gasteiger partial charge is 0.497 e. The molecule has 1 aromatic heterocycles. The molecule has 2 aromatic carbocycles. The highest BCUT2D eigenvalue weighted by atomic mass is 79.9. The number of nitrogens with one attached hydrogen (secondary N) is 1. The molecule has 0 aliphatic heterocycles. The molecule has 106 valence electrons. The van der Waals surface area contributed by atoms with Crippen LogP contribution in [0.3, 0.4) is 0 Å². The minimum atomic E-state index is -0.406. The fraction of sp³-hybridized carbons (Fsp3) is 0.0625. The Kier molecular flexibility index (Phi) is 3.66. The Hall–Kier alpha value is -2.27. The van der Waals surface area contributed by atoms with Gasteiger partial charge in [0.2, 0.25) is 0 Å². The van der Waals surface area contributed by atoms with Gasteiger partial charge in [0, 0.05) is 15.5 Å². The molecule has 0 unspecified atom stereocenters. The van der Waals surface area contributed by atoms with Crippen molar-refractivity contribution in [2.24, 2.45) is 0 Å². The van der Waals surface area contributed by atoms with E-state index in [1.807, 2.05) is 36.4 Å². The van der Waals surface area contributed by atoms with E-state index in [2.05, 4.69) is 21.2 Å². The first-order valence-corrected chi connectivity index (χ1v) is 7.09. The van der Waals surface area contributed by atoms with Crippen molar-refractivity contribution < 1.29 is 9.15 Å². The van der Waals surface area contributed by atoms with Gasteiger partial charge in [-0.05, 0) is 42.5 Å². The number of ether oxygens (including phenoxy) is 1. The van der Waals surface area contributed by atoms with Gasteiger partial charge in [-0.2, -0.15) is 0 Å². The predicted octanol–water partition coefficient (Wildman–Crippen LogP) is 4.31. The molecule has 0 saturated heterocycles. The maximum absolute atomic E-state index is 12.0. The topological polar surface area (TPSA) is 51.5 Å². The fourth-order valence-electron chi connectivity index (χ4n) is 2.00. The Balaban J connectivity index is 1.97. The highest BCUT2D eigenvalue weighted by molar-refractivity contribution is 9.10. The standard InChI is InChI=1S/C16H12BrNO3/c1-20-13-6-4-12(5-7-13)18-14-8-10-2-3-11(17)9-15(10)21-16(14)19/h2-9,18H,1H3. The summed E-state index contributed by atoms with van der Waals surface area (Å²) < 4.78 is 11.3. The van der Waals surface area contributed by atoms with Gasteiger partial charge in [0.25, 0.3) is 0 Å². The second-order valence-corrected chi connectivity index (χ2v) is 5.40. The highest BCUT2D eigenvalue weighted by Crippen LogP contribution is 2.23. The number of fused-ring (bicyclic) bond motifs is 1. The normalized spacial score (nSPS) is 10.6. The summed E-state index contributed by atoms with van der Waals surface area (Å²) in [5, 5.41) is 3.91. The Morgan fingerprint density at radius 2 is 1.86 bits per heavy atom. The van der Waals surface area contributed by atoms with E-state index in [9.17, 15) is 4.79 Å². The molecule has 0 amide bonds. The number of halogens is 1. The van der Waals surface area contributed by atoms with Gasteiger partial charge < -0.3 is 14.5 Å². The monoisotopic (exact) mass is 345 g/mol. The van der Waals surface area contributed by atoms with Crippen LogP contribution in [-0.4, -0.2) is 7.11 Å². The van der Waals surface area contributed by atoms with Crippen LogP contribution in [-0.2, 0) is 0 Å². The third-order valence-corrected chi connectivity index (χ3v) is 3.56. The van der Waals surface area contributed by atoms with Crippen LogP contribution >= 0.6 is 15.9 Å². The third kappa shape index (κ3) is 2.92. The van der Waals surface area contributed by atoms with E-state index >= 15 is 0 Å². The van der Waals surface area contributed by atoms with Crippen molar-refractivity contribution in [2.75, 3.05) is 12.4 Å². The molecule has 0 aliphatic carbocycles. The van der Waals surface area contributed by atoms with Crippen LogP contribution < -0.4 is 15.7 Å². The van der Waals surface area contributed by atoms with E-state index in [0.29, 0.717) is 11.3 Å². The number of methoxy groups -OCH3 is 1. The number of hydrogen-bond acceptors (Lipinski definition) is 4. The lowest BCUT2D eigenvalue weighted by atomic mass is 10.2. The maximum Gasteiger partial charge on any atom is 0.360 e. The molecule has 0 fully saturated rings. The van der Waals surface area contributed by atoms with Crippen LogP contribution in [0, 0.1) is 0 Å². The summed E-state index contributed by atoms with van der Waals surface area (Å²) in [6.45, 7) is 0. The number of anilines is 2. The number of benzene rings is 2. The van der Waals surface area contributed by atoms with Gasteiger partial charge in [-0.15, -0.1) is 0 Å². The molecule has 0 spiro atoms. The molecular weight excluding hydrogens is 334 g/mol. The Labute approximate surface area is 129 Å². The minimum absolute atomic E-state index is 0.398. The summed E-state index contributed by atoms with van der Waals surface area (Å²) in [7, 11) is 1.61. The highest BCUT2D eigenvalue weighted by Gasteiger charge is 2.06. The first-order chi connectivity index (χ1) is 10.2. The van der Waals surface area contributed by atoms with Gasteiger partial charge in [0.1, 0.15) is 17.0 Å². The number of rotatable bonds is 3. The van der Waals surface area contributed by atoms with Crippen LogP contribution in [0.15, 0.2) is 62.2 Å². The van der Waals surface area contributed by atoms with Crippen molar-refractivity contribution in [3.8, 4) is 5.75 Å². The summed E-state index contributed by atoms with van der Waals surface area (Å²) in [4.78, 5) is 12.0. The first-order valence-electron chi connectivity index (χ1n) is 6.30. The summed E-state index contributed by atoms with van der Waals surface area (Å²) in [6.07, 6.45) is 0. The summed E-state index contributed by atoms with van der Waals surface area (Å²) in [5.41, 5.74) is 1.33. The summed E-state index contributed by atoms with van der Waals surface area (Å²) in [5.74, 6) is 0.760. The van der Waals surface area contributed by atoms with E-state index < -0.39 is 5.63 Å².